The van der Waals surface area contributed by atoms with Crippen molar-refractivity contribution < 1.29 is 17.9 Å². The number of nitrogens with zero attached hydrogens (tertiary/aromatic N) is 2. The molecule has 1 N–H and O–H groups in total. The van der Waals surface area contributed by atoms with Crippen LogP contribution in [0.3, 0.4) is 0 Å². The average Bonchev–Trinajstić information content (AvgIpc) is 3.07. The van der Waals surface area contributed by atoms with Gasteiger partial charge in [-0.05, 0) is 51.1 Å². The molecule has 1 heterocycles. The Kier molecular flexibility index (Phi) is 6.42. The van der Waals surface area contributed by atoms with E-state index in [-0.39, 0.29) is 23.0 Å². The van der Waals surface area contributed by atoms with Crippen molar-refractivity contribution in [3.63, 3.8) is 0 Å². The zero-order valence-electron chi connectivity index (χ0n) is 17.2. The van der Waals surface area contributed by atoms with E-state index in [2.05, 4.69) is 10.3 Å². The van der Waals surface area contributed by atoms with E-state index in [1.807, 2.05) is 13.0 Å². The number of anilines is 2. The number of carbonyl (C=O) groups excluding carboxylic acids is 1. The van der Waals surface area contributed by atoms with Gasteiger partial charge >= 0.3 is 0 Å². The third-order valence-electron chi connectivity index (χ3n) is 4.45. The number of rotatable bonds is 7. The lowest BCUT2D eigenvalue weighted by molar-refractivity contribution is 0.102. The van der Waals surface area contributed by atoms with Gasteiger partial charge in [-0.2, -0.15) is 0 Å². The summed E-state index contributed by atoms with van der Waals surface area (Å²) in [4.78, 5) is 17.5. The highest BCUT2D eigenvalue weighted by atomic mass is 32.2. The number of hydrogen-bond donors (Lipinski definition) is 1. The van der Waals surface area contributed by atoms with Gasteiger partial charge in [0.05, 0.1) is 34.1 Å². The molecule has 0 spiro atoms. The van der Waals surface area contributed by atoms with E-state index in [4.69, 9.17) is 4.74 Å². The largest absolute Gasteiger partial charge is 0.495 e. The molecule has 30 heavy (non-hydrogen) atoms. The summed E-state index contributed by atoms with van der Waals surface area (Å²) >= 11 is 1.28. The summed E-state index contributed by atoms with van der Waals surface area (Å²) in [6.07, 6.45) is 0. The summed E-state index contributed by atoms with van der Waals surface area (Å²) in [5.41, 5.74) is 1.47. The number of sulfonamides is 1. The number of aryl methyl sites for hydroxylation is 2. The Labute approximate surface area is 180 Å². The van der Waals surface area contributed by atoms with E-state index in [0.29, 0.717) is 22.0 Å². The number of nitrogens with one attached hydrogen (secondary N) is 1. The number of aromatic nitrogens is 1. The van der Waals surface area contributed by atoms with Crippen molar-refractivity contribution in [2.75, 3.05) is 23.3 Å². The molecule has 0 unspecified atom stereocenters. The van der Waals surface area contributed by atoms with Crippen LogP contribution in [-0.2, 0) is 10.0 Å². The van der Waals surface area contributed by atoms with Crippen LogP contribution in [0.1, 0.15) is 27.3 Å². The molecule has 7 nitrogen and oxygen atoms in total. The van der Waals surface area contributed by atoms with E-state index in [1.165, 1.54) is 41.0 Å². The predicted octanol–water partition coefficient (Wildman–Crippen LogP) is 4.24. The van der Waals surface area contributed by atoms with Gasteiger partial charge in [0.15, 0.2) is 0 Å². The molecule has 9 heteroatoms. The molecule has 1 aromatic heterocycles. The number of benzene rings is 2. The molecule has 0 aliphatic carbocycles. The van der Waals surface area contributed by atoms with Crippen LogP contribution in [0, 0.1) is 13.8 Å². The van der Waals surface area contributed by atoms with E-state index in [1.54, 1.807) is 38.1 Å². The second-order valence-corrected chi connectivity index (χ2v) is 9.53. The molecule has 3 aromatic rings. The van der Waals surface area contributed by atoms with E-state index in [0.717, 1.165) is 5.01 Å². The number of methoxy groups -OCH3 is 1. The zero-order valence-corrected chi connectivity index (χ0v) is 18.8. The van der Waals surface area contributed by atoms with Gasteiger partial charge in [0, 0.05) is 6.54 Å². The first-order valence-electron chi connectivity index (χ1n) is 9.29. The summed E-state index contributed by atoms with van der Waals surface area (Å²) < 4.78 is 33.2. The van der Waals surface area contributed by atoms with Crippen molar-refractivity contribution in [1.82, 2.24) is 4.98 Å². The fourth-order valence-corrected chi connectivity index (χ4v) is 5.39. The Morgan fingerprint density at radius 1 is 1.17 bits per heavy atom. The molecule has 3 rings (SSSR count). The van der Waals surface area contributed by atoms with Gasteiger partial charge in [-0.1, -0.05) is 18.2 Å². The Morgan fingerprint density at radius 2 is 1.87 bits per heavy atom. The van der Waals surface area contributed by atoms with Crippen LogP contribution in [0.5, 0.6) is 5.75 Å². The Morgan fingerprint density at radius 3 is 2.43 bits per heavy atom. The highest BCUT2D eigenvalue weighted by Crippen LogP contribution is 2.31. The number of amides is 1. The highest BCUT2D eigenvalue weighted by Gasteiger charge is 2.25. The smallest absolute Gasteiger partial charge is 0.267 e. The number of hydrogen-bond acceptors (Lipinski definition) is 6. The van der Waals surface area contributed by atoms with Crippen LogP contribution in [0.4, 0.5) is 11.4 Å². The van der Waals surface area contributed by atoms with Crippen LogP contribution in [0.2, 0.25) is 0 Å². The van der Waals surface area contributed by atoms with Gasteiger partial charge < -0.3 is 10.1 Å². The van der Waals surface area contributed by atoms with Gasteiger partial charge in [-0.15, -0.1) is 11.3 Å². The highest BCUT2D eigenvalue weighted by molar-refractivity contribution is 7.92. The van der Waals surface area contributed by atoms with Gasteiger partial charge in [0.2, 0.25) is 0 Å². The molecule has 0 aliphatic rings. The maximum atomic E-state index is 13.3. The number of thiazole rings is 1. The Balaban J connectivity index is 1.99. The van der Waals surface area contributed by atoms with Gasteiger partial charge in [0.1, 0.15) is 10.6 Å². The first kappa shape index (κ1) is 21.8. The molecule has 0 atom stereocenters. The average molecular weight is 446 g/mol. The molecule has 1 amide bonds. The van der Waals surface area contributed by atoms with Crippen LogP contribution < -0.4 is 14.4 Å². The summed E-state index contributed by atoms with van der Waals surface area (Å²) in [5, 5.41) is 3.54. The number of para-hydroxylation sites is 1. The molecule has 0 saturated carbocycles. The van der Waals surface area contributed by atoms with Crippen LogP contribution in [0.15, 0.2) is 53.4 Å². The van der Waals surface area contributed by atoms with Crippen molar-refractivity contribution in [2.45, 2.75) is 25.7 Å². The molecule has 0 fully saturated rings. The minimum absolute atomic E-state index is 0.0570. The third kappa shape index (κ3) is 4.31. The summed E-state index contributed by atoms with van der Waals surface area (Å²) in [6.45, 7) is 5.62. The zero-order chi connectivity index (χ0) is 21.9. The molecule has 2 aromatic carbocycles. The quantitative estimate of drug-likeness (QED) is 0.588. The molecule has 0 saturated heterocycles. The first-order valence-corrected chi connectivity index (χ1v) is 11.5. The third-order valence-corrected chi connectivity index (χ3v) is 7.42. The molecule has 0 bridgehead atoms. The summed E-state index contributed by atoms with van der Waals surface area (Å²) in [7, 11) is -2.38. The lowest BCUT2D eigenvalue weighted by Crippen LogP contribution is -2.30. The minimum atomic E-state index is -3.84. The normalized spacial score (nSPS) is 11.2. The van der Waals surface area contributed by atoms with E-state index < -0.39 is 10.0 Å². The SMILES string of the molecule is CCN(c1ccccc1)S(=O)(=O)c1ccc(OC)c(NC(=O)c2sc(C)nc2C)c1. The van der Waals surface area contributed by atoms with E-state index >= 15 is 0 Å². The van der Waals surface area contributed by atoms with Crippen molar-refractivity contribution in [3.05, 3.63) is 64.1 Å². The maximum absolute atomic E-state index is 13.3. The molecule has 0 radical (unpaired) electrons. The second-order valence-electron chi connectivity index (χ2n) is 6.47. The fourth-order valence-electron chi connectivity index (χ4n) is 3.08. The topological polar surface area (TPSA) is 88.6 Å². The first-order chi connectivity index (χ1) is 14.3. The van der Waals surface area contributed by atoms with Crippen molar-refractivity contribution in [1.29, 1.82) is 0 Å². The van der Waals surface area contributed by atoms with Crippen LogP contribution in [-0.4, -0.2) is 33.0 Å². The number of carbonyl (C=O) groups is 1. The molecule has 158 valence electrons. The lowest BCUT2D eigenvalue weighted by atomic mass is 10.2. The van der Waals surface area contributed by atoms with E-state index in [9.17, 15) is 13.2 Å². The van der Waals surface area contributed by atoms with Crippen molar-refractivity contribution in [3.8, 4) is 5.75 Å². The molecular weight excluding hydrogens is 422 g/mol. The van der Waals surface area contributed by atoms with Gasteiger partial charge in [0.25, 0.3) is 15.9 Å². The van der Waals surface area contributed by atoms with Crippen molar-refractivity contribution >= 4 is 38.6 Å². The minimum Gasteiger partial charge on any atom is -0.495 e. The van der Waals surface area contributed by atoms with Gasteiger partial charge in [-0.3, -0.25) is 9.10 Å². The molecular formula is C21H23N3O4S2. The summed E-state index contributed by atoms with van der Waals surface area (Å²) in [5.74, 6) is 0.00491. The van der Waals surface area contributed by atoms with Gasteiger partial charge in [-0.25, -0.2) is 13.4 Å². The van der Waals surface area contributed by atoms with Crippen LogP contribution in [0.25, 0.3) is 0 Å². The number of ether oxygens (including phenoxy) is 1. The molecule has 0 aliphatic heterocycles. The predicted molar refractivity (Wildman–Crippen MR) is 119 cm³/mol. The monoisotopic (exact) mass is 445 g/mol. The summed E-state index contributed by atoms with van der Waals surface area (Å²) in [6, 6.07) is 13.3. The Bertz CT molecular complexity index is 1160. The maximum Gasteiger partial charge on any atom is 0.267 e. The lowest BCUT2D eigenvalue weighted by Gasteiger charge is -2.23. The van der Waals surface area contributed by atoms with Crippen LogP contribution >= 0.6 is 11.3 Å². The fraction of sp³-hybridized carbons (Fsp3) is 0.238. The Hall–Kier alpha value is -2.91. The standard InChI is InChI=1S/C21H23N3O4S2/c1-5-24(16-9-7-6-8-10-16)30(26,27)17-11-12-19(28-4)18(13-17)23-21(25)20-14(2)22-15(3)29-20/h6-13H,5H2,1-4H3,(H,23,25). The van der Waals surface area contributed by atoms with Crippen molar-refractivity contribution in [2.24, 2.45) is 0 Å². The second kappa shape index (κ2) is 8.85.